The summed E-state index contributed by atoms with van der Waals surface area (Å²) in [6.07, 6.45) is 15.9. The highest BCUT2D eigenvalue weighted by Gasteiger charge is 2.48. The Morgan fingerprint density at radius 1 is 0.518 bits per heavy atom. The summed E-state index contributed by atoms with van der Waals surface area (Å²) in [7, 11) is -4.74. The van der Waals surface area contributed by atoms with Crippen LogP contribution >= 0.6 is 0 Å². The number of methoxy groups -OCH3 is 3. The number of fused-ring (bicyclic) bond motifs is 2. The number of hydrogen-bond donors (Lipinski definition) is 1. The first kappa shape index (κ1) is 73.1. The summed E-state index contributed by atoms with van der Waals surface area (Å²) in [6, 6.07) is 8.84. The fourth-order valence-electron chi connectivity index (χ4n) is 9.57. The predicted molar refractivity (Wildman–Crippen MR) is 315 cm³/mol. The summed E-state index contributed by atoms with van der Waals surface area (Å²) in [5.41, 5.74) is 2.85. The molecular weight excluding hydrogens is 1150 g/mol. The van der Waals surface area contributed by atoms with Crippen molar-refractivity contribution in [2.24, 2.45) is 0 Å². The van der Waals surface area contributed by atoms with E-state index in [-0.39, 0.29) is 29.4 Å². The molecule has 480 valence electrons. The van der Waals surface area contributed by atoms with Crippen LogP contribution in [0.4, 0.5) is 11.4 Å². The van der Waals surface area contributed by atoms with Crippen LogP contribution in [-0.2, 0) is 97.4 Å². The second-order valence-corrected chi connectivity index (χ2v) is 22.9. The van der Waals surface area contributed by atoms with Crippen LogP contribution in [0.5, 0.6) is 0 Å². The molecule has 1 N–H and O–H groups in total. The van der Waals surface area contributed by atoms with Gasteiger partial charge in [0, 0.05) is 88.4 Å². The molecule has 25 heteroatoms. The van der Waals surface area contributed by atoms with E-state index in [0.717, 1.165) is 22.8 Å². The van der Waals surface area contributed by atoms with Gasteiger partial charge in [0.15, 0.2) is 5.71 Å². The highest BCUT2D eigenvalue weighted by atomic mass is 32.2. The molecule has 2 aliphatic rings. The van der Waals surface area contributed by atoms with Crippen molar-refractivity contribution in [2.45, 2.75) is 73.0 Å². The van der Waals surface area contributed by atoms with Crippen molar-refractivity contribution in [3.63, 3.8) is 0 Å². The van der Waals surface area contributed by atoms with E-state index in [1.165, 1.54) is 24.3 Å². The lowest BCUT2D eigenvalue weighted by molar-refractivity contribution is -0.438. The van der Waals surface area contributed by atoms with E-state index in [4.69, 9.17) is 61.6 Å². The summed E-state index contributed by atoms with van der Waals surface area (Å²) < 4.78 is 148. The maximum Gasteiger partial charge on any atom is 0.303 e. The minimum Gasteiger partial charge on any atom is -0.744 e. The fourth-order valence-corrected chi connectivity index (χ4v) is 10.6. The first-order valence-electron chi connectivity index (χ1n) is 28.8. The van der Waals surface area contributed by atoms with Gasteiger partial charge in [0.1, 0.15) is 26.8 Å². The summed E-state index contributed by atoms with van der Waals surface area (Å²) in [6.45, 7) is 14.3. The van der Waals surface area contributed by atoms with Crippen LogP contribution < -0.4 is 4.90 Å². The van der Waals surface area contributed by atoms with Gasteiger partial charge in [-0.1, -0.05) is 30.4 Å². The van der Waals surface area contributed by atoms with Crippen molar-refractivity contribution >= 4 is 43.3 Å². The molecule has 0 bridgehead atoms. The number of allylic oxidation sites excluding steroid dienone is 8. The third-order valence-corrected chi connectivity index (χ3v) is 15.7. The van der Waals surface area contributed by atoms with Crippen LogP contribution in [0.25, 0.3) is 0 Å². The van der Waals surface area contributed by atoms with Gasteiger partial charge in [-0.25, -0.2) is 16.8 Å². The third kappa shape index (κ3) is 26.1. The van der Waals surface area contributed by atoms with E-state index in [2.05, 4.69) is 9.48 Å². The molecule has 0 saturated heterocycles. The highest BCUT2D eigenvalue weighted by molar-refractivity contribution is 7.86. The van der Waals surface area contributed by atoms with Crippen molar-refractivity contribution in [2.75, 3.05) is 191 Å². The lowest BCUT2D eigenvalue weighted by Crippen LogP contribution is -2.33. The van der Waals surface area contributed by atoms with Crippen LogP contribution in [0.15, 0.2) is 94.4 Å². The SMILES string of the molecule is COCCOCCOCCOCCOCCOCCC1(C)C(/C=C/C=C/C=C/C=C2/N(CCOC)c3ccc(S(=O)(=O)[O-])cc3C2(C)CCOCCOCCOCCOCCOCCOC)=[N+](CCCCCC(=O)O)c2ccc(S(=O)(=O)[O-])cc21. The van der Waals surface area contributed by atoms with E-state index < -0.39 is 37.0 Å². The number of nitrogens with zero attached hydrogens (tertiary/aromatic N) is 2. The molecule has 0 aromatic heterocycles. The van der Waals surface area contributed by atoms with Gasteiger partial charge in [0.05, 0.1) is 154 Å². The van der Waals surface area contributed by atoms with Crippen molar-refractivity contribution in [1.82, 2.24) is 0 Å². The van der Waals surface area contributed by atoms with Crippen molar-refractivity contribution < 1.29 is 102 Å². The third-order valence-electron chi connectivity index (χ3n) is 14.1. The van der Waals surface area contributed by atoms with Crippen LogP contribution in [0, 0.1) is 0 Å². The Balaban J connectivity index is 1.46. The van der Waals surface area contributed by atoms with E-state index in [0.29, 0.717) is 195 Å². The van der Waals surface area contributed by atoms with Crippen LogP contribution in [0.3, 0.4) is 0 Å². The Morgan fingerprint density at radius 2 is 0.929 bits per heavy atom. The molecular formula is C60H91N2O21S2-. The molecule has 0 spiro atoms. The molecule has 2 unspecified atom stereocenters. The largest absolute Gasteiger partial charge is 0.744 e. The van der Waals surface area contributed by atoms with Crippen LogP contribution in [-0.4, -0.2) is 234 Å². The molecule has 0 amide bonds. The molecule has 0 saturated carbocycles. The first-order chi connectivity index (χ1) is 41.0. The zero-order valence-corrected chi connectivity index (χ0v) is 51.9. The average Bonchev–Trinajstić information content (AvgIpc) is 1.66. The summed E-state index contributed by atoms with van der Waals surface area (Å²) >= 11 is 0. The van der Waals surface area contributed by atoms with Gasteiger partial charge in [-0.3, -0.25) is 4.79 Å². The second kappa shape index (κ2) is 41.0. The van der Waals surface area contributed by atoms with Gasteiger partial charge in [-0.2, -0.15) is 4.58 Å². The summed E-state index contributed by atoms with van der Waals surface area (Å²) in [5.74, 6) is -0.872. The zero-order valence-electron chi connectivity index (χ0n) is 50.2. The maximum atomic E-state index is 12.4. The van der Waals surface area contributed by atoms with E-state index >= 15 is 0 Å². The number of rotatable bonds is 51. The Morgan fingerprint density at radius 3 is 1.39 bits per heavy atom. The number of anilines is 1. The molecule has 4 rings (SSSR count). The van der Waals surface area contributed by atoms with Gasteiger partial charge in [0.25, 0.3) is 0 Å². The van der Waals surface area contributed by atoms with Crippen molar-refractivity contribution in [3.05, 3.63) is 95.8 Å². The summed E-state index contributed by atoms with van der Waals surface area (Å²) in [4.78, 5) is 12.7. The normalized spacial score (nSPS) is 17.7. The number of carboxylic acid groups (broad SMARTS) is 1. The Labute approximate surface area is 503 Å². The second-order valence-electron chi connectivity index (χ2n) is 20.1. The van der Waals surface area contributed by atoms with Gasteiger partial charge in [0.2, 0.25) is 5.69 Å². The van der Waals surface area contributed by atoms with Crippen LogP contribution in [0.2, 0.25) is 0 Å². The maximum absolute atomic E-state index is 12.4. The van der Waals surface area contributed by atoms with E-state index in [1.807, 2.05) is 56.4 Å². The molecule has 23 nitrogen and oxygen atoms in total. The Kier molecular flexibility index (Phi) is 35.2. The Hall–Kier alpha value is -4.36. The number of carboxylic acids is 1. The molecule has 2 aromatic carbocycles. The average molecular weight is 1240 g/mol. The number of benzene rings is 2. The van der Waals surface area contributed by atoms with Gasteiger partial charge >= 0.3 is 5.97 Å². The quantitative estimate of drug-likeness (QED) is 0.0359. The lowest BCUT2D eigenvalue weighted by atomic mass is 9.76. The van der Waals surface area contributed by atoms with Crippen molar-refractivity contribution in [1.29, 1.82) is 0 Å². The van der Waals surface area contributed by atoms with E-state index in [1.54, 1.807) is 33.5 Å². The fraction of sp³-hybridized carbons (Fsp3) is 0.633. The molecule has 0 radical (unpaired) electrons. The molecule has 85 heavy (non-hydrogen) atoms. The highest BCUT2D eigenvalue weighted by Crippen LogP contribution is 2.51. The number of ether oxygens (including phenoxy) is 13. The standard InChI is InChI=1S/C60H92N2O21S2/c1-59(21-25-74-32-34-78-40-42-82-46-44-80-38-36-76-30-28-72-4)52-48-50(84(65,66)67)17-19-54(52)61(23-13-9-12-16-58(63)64)56(59)14-10-7-6-8-11-15-57-60(2,53-49-51(85(68,69)70)18-20-55(53)62(57)24-27-71-3)22-26-75-33-35-79-41-43-83-47-45-81-39-37-77-31-29-73-5/h6-8,10-11,14-15,17-20,48-49H,9,12-13,16,21-47H2,1-5H3,(H2-,63,64,65,66,67,68,69,70)/p-1. The minimum absolute atomic E-state index is 0.0400. The smallest absolute Gasteiger partial charge is 0.303 e. The summed E-state index contributed by atoms with van der Waals surface area (Å²) in [5, 5.41) is 9.28. The van der Waals surface area contributed by atoms with E-state index in [9.17, 15) is 35.8 Å². The van der Waals surface area contributed by atoms with Crippen LogP contribution in [0.1, 0.15) is 63.5 Å². The number of hydrogen-bond acceptors (Lipinski definition) is 21. The number of unbranched alkanes of at least 4 members (excludes halogenated alkanes) is 2. The molecule has 0 fully saturated rings. The predicted octanol–water partition coefficient (Wildman–Crippen LogP) is 5.71. The molecule has 2 atom stereocenters. The Bertz CT molecular complexity index is 2650. The zero-order chi connectivity index (χ0) is 61.7. The molecule has 2 aliphatic heterocycles. The molecule has 0 aliphatic carbocycles. The van der Waals surface area contributed by atoms with Gasteiger partial charge in [-0.15, -0.1) is 0 Å². The first-order valence-corrected chi connectivity index (χ1v) is 31.7. The monoisotopic (exact) mass is 1240 g/mol. The van der Waals surface area contributed by atoms with Gasteiger partial charge in [-0.05, 0) is 81.5 Å². The van der Waals surface area contributed by atoms with Gasteiger partial charge < -0.3 is 80.7 Å². The molecule has 2 heterocycles. The van der Waals surface area contributed by atoms with Crippen molar-refractivity contribution in [3.8, 4) is 0 Å². The number of aliphatic carboxylic acids is 1. The molecule has 2 aromatic rings. The minimum atomic E-state index is -4.80. The lowest BCUT2D eigenvalue weighted by Gasteiger charge is -2.30. The number of carbonyl (C=O) groups is 1. The topological polar surface area (TPSA) is 278 Å².